The molecule has 5 nitrogen and oxygen atoms in total. The van der Waals surface area contributed by atoms with Crippen molar-refractivity contribution >= 4 is 17.7 Å². The first-order valence-corrected chi connectivity index (χ1v) is 9.86. The van der Waals surface area contributed by atoms with E-state index >= 15 is 0 Å². The molecule has 0 bridgehead atoms. The zero-order chi connectivity index (χ0) is 15.3. The van der Waals surface area contributed by atoms with Crippen molar-refractivity contribution in [2.24, 2.45) is 4.99 Å². The van der Waals surface area contributed by atoms with Crippen molar-refractivity contribution in [3.05, 3.63) is 0 Å². The monoisotopic (exact) mass is 326 g/mol. The average molecular weight is 327 g/mol. The number of ether oxygens (including phenoxy) is 1. The number of hydrogen-bond donors (Lipinski definition) is 2. The minimum atomic E-state index is 0.280. The molecule has 6 heteroatoms. The van der Waals surface area contributed by atoms with Crippen molar-refractivity contribution in [1.29, 1.82) is 0 Å². The number of thioether (sulfide) groups is 1. The van der Waals surface area contributed by atoms with Crippen molar-refractivity contribution in [2.75, 3.05) is 51.4 Å². The molecule has 0 amide bonds. The van der Waals surface area contributed by atoms with Gasteiger partial charge in [0, 0.05) is 44.0 Å². The Bertz CT molecular complexity index is 372. The quantitative estimate of drug-likeness (QED) is 0.602. The number of guanidine groups is 1. The molecule has 22 heavy (non-hydrogen) atoms. The largest absolute Gasteiger partial charge is 0.379 e. The summed E-state index contributed by atoms with van der Waals surface area (Å²) >= 11 is 2.08. The summed E-state index contributed by atoms with van der Waals surface area (Å²) in [5.41, 5.74) is 0.280. The van der Waals surface area contributed by atoms with Crippen molar-refractivity contribution < 1.29 is 4.74 Å². The molecule has 0 aromatic heterocycles. The first-order chi connectivity index (χ1) is 10.8. The summed E-state index contributed by atoms with van der Waals surface area (Å²) in [6, 6.07) is 0.614. The second-order valence-electron chi connectivity index (χ2n) is 6.68. The highest BCUT2D eigenvalue weighted by Crippen LogP contribution is 2.33. The molecule has 1 aliphatic carbocycles. The lowest BCUT2D eigenvalue weighted by Crippen LogP contribution is -2.60. The van der Waals surface area contributed by atoms with Gasteiger partial charge in [0.15, 0.2) is 5.96 Å². The van der Waals surface area contributed by atoms with E-state index in [2.05, 4.69) is 32.3 Å². The predicted molar refractivity (Wildman–Crippen MR) is 93.8 cm³/mol. The maximum Gasteiger partial charge on any atom is 0.191 e. The van der Waals surface area contributed by atoms with Gasteiger partial charge in [-0.25, -0.2) is 0 Å². The fourth-order valence-electron chi connectivity index (χ4n) is 3.84. The highest BCUT2D eigenvalue weighted by atomic mass is 32.2. The van der Waals surface area contributed by atoms with Crippen LogP contribution in [-0.4, -0.2) is 73.8 Å². The van der Waals surface area contributed by atoms with Crippen LogP contribution in [0.3, 0.4) is 0 Å². The van der Waals surface area contributed by atoms with Crippen molar-refractivity contribution in [3.63, 3.8) is 0 Å². The predicted octanol–water partition coefficient (Wildman–Crippen LogP) is 1.30. The van der Waals surface area contributed by atoms with E-state index in [1.54, 1.807) is 0 Å². The first-order valence-electron chi connectivity index (χ1n) is 8.70. The van der Waals surface area contributed by atoms with Gasteiger partial charge in [-0.2, -0.15) is 11.8 Å². The van der Waals surface area contributed by atoms with Gasteiger partial charge in [-0.1, -0.05) is 12.8 Å². The fourth-order valence-corrected chi connectivity index (χ4v) is 5.32. The Hall–Kier alpha value is -0.460. The molecule has 3 rings (SSSR count). The summed E-state index contributed by atoms with van der Waals surface area (Å²) < 4.78 is 5.53. The maximum atomic E-state index is 5.53. The molecular weight excluding hydrogens is 296 g/mol. The Kier molecular flexibility index (Phi) is 5.88. The van der Waals surface area contributed by atoms with E-state index < -0.39 is 0 Å². The molecule has 3 aliphatic rings. The normalized spacial score (nSPS) is 31.6. The molecular formula is C16H30N4OS. The summed E-state index contributed by atoms with van der Waals surface area (Å²) in [7, 11) is 1.88. The van der Waals surface area contributed by atoms with Crippen LogP contribution in [0, 0.1) is 0 Å². The van der Waals surface area contributed by atoms with Gasteiger partial charge in [0.25, 0.3) is 0 Å². The third-order valence-electron chi connectivity index (χ3n) is 5.27. The van der Waals surface area contributed by atoms with Crippen molar-refractivity contribution in [3.8, 4) is 0 Å². The van der Waals surface area contributed by atoms with E-state index in [-0.39, 0.29) is 5.54 Å². The topological polar surface area (TPSA) is 48.9 Å². The second-order valence-corrected chi connectivity index (χ2v) is 7.78. The van der Waals surface area contributed by atoms with Crippen LogP contribution in [0.4, 0.5) is 0 Å². The number of nitrogens with one attached hydrogen (secondary N) is 2. The van der Waals surface area contributed by atoms with Crippen LogP contribution in [-0.2, 0) is 4.74 Å². The van der Waals surface area contributed by atoms with Crippen molar-refractivity contribution in [1.82, 2.24) is 15.5 Å². The summed E-state index contributed by atoms with van der Waals surface area (Å²) in [5, 5.41) is 7.22. The minimum Gasteiger partial charge on any atom is -0.379 e. The smallest absolute Gasteiger partial charge is 0.191 e. The van der Waals surface area contributed by atoms with Gasteiger partial charge in [-0.05, 0) is 25.0 Å². The molecule has 0 radical (unpaired) electrons. The van der Waals surface area contributed by atoms with Crippen LogP contribution in [0.5, 0.6) is 0 Å². The van der Waals surface area contributed by atoms with E-state index in [1.807, 2.05) is 7.05 Å². The Morgan fingerprint density at radius 1 is 1.32 bits per heavy atom. The molecule has 2 aliphatic heterocycles. The maximum absolute atomic E-state index is 5.53. The third kappa shape index (κ3) is 3.89. The van der Waals surface area contributed by atoms with E-state index in [0.717, 1.165) is 38.8 Å². The van der Waals surface area contributed by atoms with Gasteiger partial charge in [0.05, 0.1) is 13.2 Å². The zero-order valence-electron chi connectivity index (χ0n) is 13.8. The van der Waals surface area contributed by atoms with E-state index in [0.29, 0.717) is 6.04 Å². The Morgan fingerprint density at radius 2 is 2.09 bits per heavy atom. The van der Waals surface area contributed by atoms with Crippen LogP contribution < -0.4 is 10.6 Å². The SMILES string of the molecule is CN=C(NCC1(N2CCOCC2)CCSC1)NC1CCCC1. The fraction of sp³-hybridized carbons (Fsp3) is 0.938. The summed E-state index contributed by atoms with van der Waals surface area (Å²) in [6.45, 7) is 4.88. The number of nitrogens with zero attached hydrogens (tertiary/aromatic N) is 2. The van der Waals surface area contributed by atoms with Gasteiger partial charge in [0.1, 0.15) is 0 Å². The lowest BCUT2D eigenvalue weighted by atomic mass is 9.95. The summed E-state index contributed by atoms with van der Waals surface area (Å²) in [4.78, 5) is 7.08. The molecule has 2 N–H and O–H groups in total. The third-order valence-corrected chi connectivity index (χ3v) is 6.50. The number of morpholine rings is 1. The van der Waals surface area contributed by atoms with Gasteiger partial charge in [-0.15, -0.1) is 0 Å². The standard InChI is InChI=1S/C16H30N4OS/c1-17-15(19-14-4-2-3-5-14)18-12-16(6-11-22-13-16)20-7-9-21-10-8-20/h14H,2-13H2,1H3,(H2,17,18,19). The van der Waals surface area contributed by atoms with Crippen LogP contribution in [0.15, 0.2) is 4.99 Å². The van der Waals surface area contributed by atoms with E-state index in [9.17, 15) is 0 Å². The minimum absolute atomic E-state index is 0.280. The molecule has 1 atom stereocenters. The van der Waals surface area contributed by atoms with E-state index in [4.69, 9.17) is 4.74 Å². The number of rotatable bonds is 4. The summed E-state index contributed by atoms with van der Waals surface area (Å²) in [5.74, 6) is 3.48. The molecule has 1 saturated carbocycles. The Balaban J connectivity index is 1.56. The van der Waals surface area contributed by atoms with Crippen molar-refractivity contribution in [2.45, 2.75) is 43.7 Å². The molecule has 0 aromatic rings. The molecule has 2 heterocycles. The lowest BCUT2D eigenvalue weighted by Gasteiger charge is -2.43. The average Bonchev–Trinajstić information content (AvgIpc) is 3.25. The molecule has 0 aromatic carbocycles. The van der Waals surface area contributed by atoms with Crippen LogP contribution in [0.25, 0.3) is 0 Å². The molecule has 2 saturated heterocycles. The molecule has 1 unspecified atom stereocenters. The van der Waals surface area contributed by atoms with Crippen LogP contribution >= 0.6 is 11.8 Å². The lowest BCUT2D eigenvalue weighted by molar-refractivity contribution is -0.0120. The van der Waals surface area contributed by atoms with Gasteiger partial charge in [-0.3, -0.25) is 9.89 Å². The highest BCUT2D eigenvalue weighted by molar-refractivity contribution is 7.99. The molecule has 0 spiro atoms. The Labute approximate surface area is 138 Å². The second kappa shape index (κ2) is 7.88. The molecule has 126 valence electrons. The number of hydrogen-bond acceptors (Lipinski definition) is 4. The highest BCUT2D eigenvalue weighted by Gasteiger charge is 2.40. The van der Waals surface area contributed by atoms with Crippen LogP contribution in [0.2, 0.25) is 0 Å². The summed E-state index contributed by atoms with van der Waals surface area (Å²) in [6.07, 6.45) is 6.54. The Morgan fingerprint density at radius 3 is 2.73 bits per heavy atom. The van der Waals surface area contributed by atoms with Gasteiger partial charge >= 0.3 is 0 Å². The first kappa shape index (κ1) is 16.4. The van der Waals surface area contributed by atoms with Gasteiger partial charge in [0.2, 0.25) is 0 Å². The van der Waals surface area contributed by atoms with Gasteiger partial charge < -0.3 is 15.4 Å². The number of aliphatic imine (C=N–C) groups is 1. The van der Waals surface area contributed by atoms with E-state index in [1.165, 1.54) is 43.6 Å². The van der Waals surface area contributed by atoms with Crippen LogP contribution in [0.1, 0.15) is 32.1 Å². The molecule has 3 fully saturated rings. The zero-order valence-corrected chi connectivity index (χ0v) is 14.6.